The van der Waals surface area contributed by atoms with Gasteiger partial charge in [0.1, 0.15) is 29.6 Å². The topological polar surface area (TPSA) is 130 Å². The lowest BCUT2D eigenvalue weighted by Crippen LogP contribution is -2.20. The van der Waals surface area contributed by atoms with Crippen LogP contribution in [0, 0.1) is 28.8 Å². The van der Waals surface area contributed by atoms with E-state index >= 15 is 4.39 Å². The van der Waals surface area contributed by atoms with Gasteiger partial charge in [-0.05, 0) is 48.4 Å². The van der Waals surface area contributed by atoms with Crippen molar-refractivity contribution in [3.05, 3.63) is 112 Å². The van der Waals surface area contributed by atoms with Gasteiger partial charge in [0.05, 0.1) is 41.1 Å². The van der Waals surface area contributed by atoms with Gasteiger partial charge in [-0.1, -0.05) is 24.3 Å². The Bertz CT molecular complexity index is 1920. The van der Waals surface area contributed by atoms with E-state index in [1.165, 1.54) is 42.0 Å². The quantitative estimate of drug-likeness (QED) is 0.184. The van der Waals surface area contributed by atoms with Crippen LogP contribution >= 0.6 is 0 Å². The standard InChI is InChI=1S/C33H27F3N4O5/c1-44-10-9-24(41)17-40-29-14-23(33(42)43)13-27(36)32(29)39-30(40)15-20-7-8-21(12-26(20)35)28-3-2-4-31(38-28)45-18-22-6-5-19(16-37)11-25(22)34/h2-8,11-14,24,41H,9-10,15,17-18H2,1H3,(H,42,43)/t24-/m0/s1. The number of imidazole rings is 1. The first-order valence-electron chi connectivity index (χ1n) is 13.8. The van der Waals surface area contributed by atoms with E-state index in [-0.39, 0.29) is 77.6 Å². The number of benzene rings is 3. The number of aliphatic hydroxyl groups excluding tert-OH is 1. The fourth-order valence-electron chi connectivity index (χ4n) is 4.81. The Morgan fingerprint density at radius 3 is 2.49 bits per heavy atom. The van der Waals surface area contributed by atoms with E-state index in [1.807, 2.05) is 6.07 Å². The van der Waals surface area contributed by atoms with Crippen molar-refractivity contribution in [3.8, 4) is 23.2 Å². The monoisotopic (exact) mass is 616 g/mol. The number of pyridine rings is 1. The van der Waals surface area contributed by atoms with Gasteiger partial charge in [0.2, 0.25) is 5.88 Å². The largest absolute Gasteiger partial charge is 0.478 e. The van der Waals surface area contributed by atoms with Gasteiger partial charge < -0.3 is 24.3 Å². The van der Waals surface area contributed by atoms with E-state index in [9.17, 15) is 23.8 Å². The number of hydrogen-bond donors (Lipinski definition) is 2. The molecule has 0 bridgehead atoms. The third-order valence-electron chi connectivity index (χ3n) is 7.16. The molecule has 2 heterocycles. The molecular formula is C33H27F3N4O5. The maximum absolute atomic E-state index is 15.5. The van der Waals surface area contributed by atoms with Crippen molar-refractivity contribution in [3.63, 3.8) is 0 Å². The second-order valence-corrected chi connectivity index (χ2v) is 10.3. The van der Waals surface area contributed by atoms with Gasteiger partial charge in [0.15, 0.2) is 5.82 Å². The number of methoxy groups -OCH3 is 1. The van der Waals surface area contributed by atoms with E-state index in [0.717, 1.165) is 12.1 Å². The summed E-state index contributed by atoms with van der Waals surface area (Å²) in [5, 5.41) is 28.9. The van der Waals surface area contributed by atoms with Gasteiger partial charge in [-0.25, -0.2) is 27.9 Å². The van der Waals surface area contributed by atoms with Gasteiger partial charge in [0.25, 0.3) is 0 Å². The summed E-state index contributed by atoms with van der Waals surface area (Å²) < 4.78 is 56.8. The molecule has 0 amide bonds. The number of carboxylic acid groups (broad SMARTS) is 1. The van der Waals surface area contributed by atoms with Gasteiger partial charge in [0, 0.05) is 37.3 Å². The number of fused-ring (bicyclic) bond motifs is 1. The predicted octanol–water partition coefficient (Wildman–Crippen LogP) is 5.65. The SMILES string of the molecule is COCC[C@H](O)Cn1c(Cc2ccc(-c3cccc(OCc4ccc(C#N)cc4F)n3)cc2F)nc2c(F)cc(C(=O)O)cc21. The molecule has 0 fully saturated rings. The van der Waals surface area contributed by atoms with E-state index < -0.39 is 29.5 Å². The van der Waals surface area contributed by atoms with Crippen molar-refractivity contribution in [1.82, 2.24) is 14.5 Å². The lowest BCUT2D eigenvalue weighted by atomic mass is 10.1. The van der Waals surface area contributed by atoms with E-state index in [1.54, 1.807) is 24.3 Å². The Morgan fingerprint density at radius 1 is 1.00 bits per heavy atom. The third-order valence-corrected chi connectivity index (χ3v) is 7.16. The van der Waals surface area contributed by atoms with Gasteiger partial charge in [-0.2, -0.15) is 5.26 Å². The van der Waals surface area contributed by atoms with Gasteiger partial charge in [-0.15, -0.1) is 0 Å². The fourth-order valence-corrected chi connectivity index (χ4v) is 4.81. The normalized spacial score (nSPS) is 11.8. The Morgan fingerprint density at radius 2 is 1.78 bits per heavy atom. The number of nitrogens with zero attached hydrogens (tertiary/aromatic N) is 4. The number of aromatic nitrogens is 3. The minimum Gasteiger partial charge on any atom is -0.478 e. The van der Waals surface area contributed by atoms with E-state index in [0.29, 0.717) is 11.3 Å². The Balaban J connectivity index is 1.40. The van der Waals surface area contributed by atoms with Crippen LogP contribution in [0.15, 0.2) is 66.7 Å². The highest BCUT2D eigenvalue weighted by Gasteiger charge is 2.21. The first kappa shape index (κ1) is 31.2. The molecule has 0 saturated carbocycles. The third kappa shape index (κ3) is 7.12. The van der Waals surface area contributed by atoms with Crippen LogP contribution < -0.4 is 4.74 Å². The molecule has 9 nitrogen and oxygen atoms in total. The summed E-state index contributed by atoms with van der Waals surface area (Å²) in [6.07, 6.45) is -0.733. The minimum atomic E-state index is -1.32. The Kier molecular flexibility index (Phi) is 9.42. The number of ether oxygens (including phenoxy) is 2. The zero-order valence-electron chi connectivity index (χ0n) is 24.0. The predicted molar refractivity (Wildman–Crippen MR) is 157 cm³/mol. The molecule has 0 aliphatic carbocycles. The highest BCUT2D eigenvalue weighted by Crippen LogP contribution is 2.27. The molecule has 3 aromatic carbocycles. The molecule has 0 spiro atoms. The lowest BCUT2D eigenvalue weighted by Gasteiger charge is -2.15. The molecule has 0 aliphatic rings. The Labute approximate surface area is 255 Å². The fraction of sp³-hybridized carbons (Fsp3) is 0.212. The molecule has 2 N–H and O–H groups in total. The smallest absolute Gasteiger partial charge is 0.335 e. The number of carbonyl (C=O) groups is 1. The molecule has 0 unspecified atom stereocenters. The molecule has 230 valence electrons. The van der Waals surface area contributed by atoms with Crippen molar-refractivity contribution >= 4 is 17.0 Å². The average Bonchev–Trinajstić information content (AvgIpc) is 3.37. The Hall–Kier alpha value is -5.25. The van der Waals surface area contributed by atoms with Crippen LogP contribution in [0.3, 0.4) is 0 Å². The zero-order chi connectivity index (χ0) is 32.1. The average molecular weight is 617 g/mol. The van der Waals surface area contributed by atoms with Crippen LogP contribution in [0.25, 0.3) is 22.3 Å². The molecule has 1 atom stereocenters. The van der Waals surface area contributed by atoms with Gasteiger partial charge in [-0.3, -0.25) is 0 Å². The minimum absolute atomic E-state index is 0.0412. The molecule has 5 rings (SSSR count). The number of hydrogen-bond acceptors (Lipinski definition) is 7. The molecule has 0 aliphatic heterocycles. The second-order valence-electron chi connectivity index (χ2n) is 10.3. The molecule has 0 radical (unpaired) electrons. The summed E-state index contributed by atoms with van der Waals surface area (Å²) in [5.74, 6) is -2.92. The molecular weight excluding hydrogens is 589 g/mol. The van der Waals surface area contributed by atoms with Crippen LogP contribution in [0.1, 0.15) is 39.3 Å². The first-order chi connectivity index (χ1) is 21.7. The van der Waals surface area contributed by atoms with E-state index in [4.69, 9.17) is 14.7 Å². The maximum Gasteiger partial charge on any atom is 0.335 e. The summed E-state index contributed by atoms with van der Waals surface area (Å²) in [6, 6.07) is 17.4. The maximum atomic E-state index is 15.5. The van der Waals surface area contributed by atoms with Crippen LogP contribution in [-0.2, 0) is 24.3 Å². The summed E-state index contributed by atoms with van der Waals surface area (Å²) in [7, 11) is 1.49. The van der Waals surface area contributed by atoms with E-state index in [2.05, 4.69) is 9.97 Å². The molecule has 2 aromatic heterocycles. The summed E-state index contributed by atoms with van der Waals surface area (Å²) in [4.78, 5) is 20.3. The number of carboxylic acids is 1. The highest BCUT2D eigenvalue weighted by atomic mass is 19.1. The number of aliphatic hydroxyl groups is 1. The van der Waals surface area contributed by atoms with Crippen molar-refractivity contribution in [2.75, 3.05) is 13.7 Å². The summed E-state index contributed by atoms with van der Waals surface area (Å²) in [5.41, 5.74) is 1.29. The van der Waals surface area contributed by atoms with Crippen molar-refractivity contribution in [2.24, 2.45) is 0 Å². The highest BCUT2D eigenvalue weighted by molar-refractivity contribution is 5.92. The van der Waals surface area contributed by atoms with Gasteiger partial charge >= 0.3 is 5.97 Å². The number of nitriles is 1. The first-order valence-corrected chi connectivity index (χ1v) is 13.8. The lowest BCUT2D eigenvalue weighted by molar-refractivity contribution is 0.0696. The number of halogens is 3. The molecule has 5 aromatic rings. The zero-order valence-corrected chi connectivity index (χ0v) is 24.0. The summed E-state index contributed by atoms with van der Waals surface area (Å²) in [6.45, 7) is 0.0953. The summed E-state index contributed by atoms with van der Waals surface area (Å²) >= 11 is 0. The van der Waals surface area contributed by atoms with Crippen molar-refractivity contribution in [1.29, 1.82) is 5.26 Å². The van der Waals surface area contributed by atoms with Crippen LogP contribution in [-0.4, -0.2) is 50.5 Å². The van der Waals surface area contributed by atoms with Crippen LogP contribution in [0.4, 0.5) is 13.2 Å². The van der Waals surface area contributed by atoms with Crippen molar-refractivity contribution < 1.29 is 37.7 Å². The molecule has 0 saturated heterocycles. The number of aromatic carboxylic acids is 1. The second kappa shape index (κ2) is 13.6. The molecule has 12 heteroatoms. The van der Waals surface area contributed by atoms with Crippen molar-refractivity contribution in [2.45, 2.75) is 32.1 Å². The van der Waals surface area contributed by atoms with Crippen LogP contribution in [0.5, 0.6) is 5.88 Å². The number of rotatable bonds is 12. The van der Waals surface area contributed by atoms with Crippen LogP contribution in [0.2, 0.25) is 0 Å². The molecule has 45 heavy (non-hydrogen) atoms.